The molecule has 5 nitrogen and oxygen atoms in total. The first kappa shape index (κ1) is 17.7. The first-order valence-corrected chi connectivity index (χ1v) is 10.2. The van der Waals surface area contributed by atoms with E-state index in [1.54, 1.807) is 11.3 Å². The number of likely N-dealkylation sites (tertiary alicyclic amines) is 1. The predicted octanol–water partition coefficient (Wildman–Crippen LogP) is 3.26. The topological polar surface area (TPSA) is 57.3 Å². The molecule has 1 aliphatic heterocycles. The number of rotatable bonds is 5. The van der Waals surface area contributed by atoms with Gasteiger partial charge in [-0.2, -0.15) is 0 Å². The van der Waals surface area contributed by atoms with Gasteiger partial charge in [0.2, 0.25) is 0 Å². The van der Waals surface area contributed by atoms with Crippen LogP contribution in [-0.2, 0) is 12.8 Å². The molecule has 3 rings (SSSR count). The van der Waals surface area contributed by atoms with Gasteiger partial charge in [-0.05, 0) is 58.9 Å². The number of hydrogen-bond acceptors (Lipinski definition) is 4. The maximum absolute atomic E-state index is 12.1. The summed E-state index contributed by atoms with van der Waals surface area (Å²) in [5.74, 6) is 0. The number of piperidine rings is 1. The number of amides is 2. The molecule has 2 heterocycles. The van der Waals surface area contributed by atoms with Crippen LogP contribution in [0.3, 0.4) is 0 Å². The smallest absolute Gasteiger partial charge is 0.315 e. The minimum atomic E-state index is -0.0830. The van der Waals surface area contributed by atoms with Gasteiger partial charge in [0.05, 0.1) is 11.7 Å². The molecular formula is C18H30N4OS. The molecule has 0 unspecified atom stereocenters. The van der Waals surface area contributed by atoms with Crippen LogP contribution >= 0.6 is 11.3 Å². The fourth-order valence-electron chi connectivity index (χ4n) is 3.67. The number of fused-ring (bicyclic) bond motifs is 1. The quantitative estimate of drug-likeness (QED) is 0.857. The molecular weight excluding hydrogens is 320 g/mol. The molecule has 2 atom stereocenters. The maximum atomic E-state index is 12.1. The lowest BCUT2D eigenvalue weighted by Gasteiger charge is -2.33. The standard InChI is InChI=1S/C18H30N4OS/c1-13-7-5-6-11-22(13)12-10-19-18(23)20-14(2)17-21-15-8-3-4-9-16(15)24-17/h13-14H,3-12H2,1-2H3,(H2,19,20,23)/t13-,14-/m0/s1. The molecule has 2 amide bonds. The van der Waals surface area contributed by atoms with Crippen LogP contribution in [0.5, 0.6) is 0 Å². The van der Waals surface area contributed by atoms with Crippen LogP contribution in [0.15, 0.2) is 0 Å². The van der Waals surface area contributed by atoms with Crippen LogP contribution in [0.1, 0.15) is 67.6 Å². The van der Waals surface area contributed by atoms with E-state index in [1.165, 1.54) is 42.7 Å². The Kier molecular flexibility index (Phi) is 6.11. The van der Waals surface area contributed by atoms with Crippen molar-refractivity contribution >= 4 is 17.4 Å². The van der Waals surface area contributed by atoms with E-state index in [1.807, 2.05) is 6.92 Å². The maximum Gasteiger partial charge on any atom is 0.315 e. The lowest BCUT2D eigenvalue weighted by molar-refractivity contribution is 0.161. The van der Waals surface area contributed by atoms with Gasteiger partial charge in [-0.1, -0.05) is 6.42 Å². The molecule has 1 fully saturated rings. The van der Waals surface area contributed by atoms with E-state index in [4.69, 9.17) is 4.98 Å². The Hall–Kier alpha value is -1.14. The summed E-state index contributed by atoms with van der Waals surface area (Å²) in [5, 5.41) is 7.07. The number of thiazole rings is 1. The van der Waals surface area contributed by atoms with E-state index in [0.29, 0.717) is 12.6 Å². The van der Waals surface area contributed by atoms with Crippen molar-refractivity contribution in [1.82, 2.24) is 20.5 Å². The molecule has 134 valence electrons. The zero-order valence-electron chi connectivity index (χ0n) is 14.9. The Morgan fingerprint density at radius 3 is 2.96 bits per heavy atom. The lowest BCUT2D eigenvalue weighted by Crippen LogP contribution is -2.44. The van der Waals surface area contributed by atoms with Crippen molar-refractivity contribution in [1.29, 1.82) is 0 Å². The molecule has 1 aliphatic carbocycles. The third-order valence-electron chi connectivity index (χ3n) is 5.21. The summed E-state index contributed by atoms with van der Waals surface area (Å²) in [6.45, 7) is 7.11. The zero-order chi connectivity index (χ0) is 16.9. The molecule has 1 aromatic heterocycles. The van der Waals surface area contributed by atoms with Crippen LogP contribution in [0.25, 0.3) is 0 Å². The molecule has 1 aromatic rings. The normalized spacial score (nSPS) is 22.7. The van der Waals surface area contributed by atoms with Crippen LogP contribution in [0.4, 0.5) is 4.79 Å². The largest absolute Gasteiger partial charge is 0.337 e. The van der Waals surface area contributed by atoms with Crippen molar-refractivity contribution in [3.8, 4) is 0 Å². The van der Waals surface area contributed by atoms with Crippen molar-refractivity contribution in [2.45, 2.75) is 70.9 Å². The van der Waals surface area contributed by atoms with Crippen LogP contribution in [-0.4, -0.2) is 41.6 Å². The minimum absolute atomic E-state index is 0.0190. The molecule has 2 aliphatic rings. The molecule has 0 saturated carbocycles. The average Bonchev–Trinajstić information content (AvgIpc) is 3.01. The van der Waals surface area contributed by atoms with Gasteiger partial charge in [-0.15, -0.1) is 11.3 Å². The number of carbonyl (C=O) groups excluding carboxylic acids is 1. The summed E-state index contributed by atoms with van der Waals surface area (Å²) in [7, 11) is 0. The van der Waals surface area contributed by atoms with E-state index in [-0.39, 0.29) is 12.1 Å². The highest BCUT2D eigenvalue weighted by Crippen LogP contribution is 2.29. The second kappa shape index (κ2) is 8.30. The third-order valence-corrected chi connectivity index (χ3v) is 6.55. The number of urea groups is 1. The van der Waals surface area contributed by atoms with Gasteiger partial charge in [-0.3, -0.25) is 4.90 Å². The monoisotopic (exact) mass is 350 g/mol. The number of aryl methyl sites for hydroxylation is 2. The first-order chi connectivity index (χ1) is 11.6. The first-order valence-electron chi connectivity index (χ1n) is 9.40. The Morgan fingerprint density at radius 2 is 2.17 bits per heavy atom. The van der Waals surface area contributed by atoms with Crippen LogP contribution < -0.4 is 10.6 Å². The second-order valence-electron chi connectivity index (χ2n) is 7.13. The SMILES string of the molecule is C[C@H](NC(=O)NCCN1CCCC[C@@H]1C)c1nc2c(s1)CCCC2. The number of nitrogens with zero attached hydrogens (tertiary/aromatic N) is 2. The molecule has 2 N–H and O–H groups in total. The fraction of sp³-hybridized carbons (Fsp3) is 0.778. The van der Waals surface area contributed by atoms with Gasteiger partial charge in [-0.25, -0.2) is 9.78 Å². The van der Waals surface area contributed by atoms with Crippen molar-refractivity contribution in [3.63, 3.8) is 0 Å². The Bertz CT molecular complexity index is 536. The van der Waals surface area contributed by atoms with Crippen LogP contribution in [0, 0.1) is 0 Å². The summed E-state index contributed by atoms with van der Waals surface area (Å²) in [4.78, 5) is 20.8. The highest BCUT2D eigenvalue weighted by molar-refractivity contribution is 7.11. The summed E-state index contributed by atoms with van der Waals surface area (Å²) in [6, 6.07) is 0.541. The predicted molar refractivity (Wildman–Crippen MR) is 98.6 cm³/mol. The molecule has 0 bridgehead atoms. The van der Waals surface area contributed by atoms with Crippen molar-refractivity contribution in [2.24, 2.45) is 0 Å². The van der Waals surface area contributed by atoms with Crippen molar-refractivity contribution in [2.75, 3.05) is 19.6 Å². The second-order valence-corrected chi connectivity index (χ2v) is 8.25. The van der Waals surface area contributed by atoms with E-state index in [0.717, 1.165) is 30.9 Å². The number of aromatic nitrogens is 1. The van der Waals surface area contributed by atoms with E-state index < -0.39 is 0 Å². The van der Waals surface area contributed by atoms with Gasteiger partial charge in [0.15, 0.2) is 0 Å². The Balaban J connectivity index is 1.42. The van der Waals surface area contributed by atoms with Gasteiger partial charge < -0.3 is 10.6 Å². The highest BCUT2D eigenvalue weighted by atomic mass is 32.1. The fourth-order valence-corrected chi connectivity index (χ4v) is 4.83. The molecule has 0 aromatic carbocycles. The molecule has 24 heavy (non-hydrogen) atoms. The van der Waals surface area contributed by atoms with Crippen molar-refractivity contribution in [3.05, 3.63) is 15.6 Å². The number of nitrogens with one attached hydrogen (secondary N) is 2. The summed E-state index contributed by atoms with van der Waals surface area (Å²) >= 11 is 1.77. The summed E-state index contributed by atoms with van der Waals surface area (Å²) in [6.07, 6.45) is 8.65. The average molecular weight is 351 g/mol. The zero-order valence-corrected chi connectivity index (χ0v) is 15.8. The summed E-state index contributed by atoms with van der Waals surface area (Å²) < 4.78 is 0. The van der Waals surface area contributed by atoms with E-state index in [2.05, 4.69) is 22.5 Å². The molecule has 1 saturated heterocycles. The number of carbonyl (C=O) groups is 1. The number of hydrogen-bond donors (Lipinski definition) is 2. The van der Waals surface area contributed by atoms with Crippen molar-refractivity contribution < 1.29 is 4.79 Å². The van der Waals surface area contributed by atoms with Gasteiger partial charge in [0, 0.05) is 24.0 Å². The Labute approximate surface area is 149 Å². The van der Waals surface area contributed by atoms with E-state index >= 15 is 0 Å². The highest BCUT2D eigenvalue weighted by Gasteiger charge is 2.20. The molecule has 6 heteroatoms. The lowest BCUT2D eigenvalue weighted by atomic mass is 10.0. The third kappa shape index (κ3) is 4.48. The molecule has 0 spiro atoms. The molecule has 0 radical (unpaired) electrons. The summed E-state index contributed by atoms with van der Waals surface area (Å²) in [5.41, 5.74) is 1.26. The van der Waals surface area contributed by atoms with E-state index in [9.17, 15) is 4.79 Å². The Morgan fingerprint density at radius 1 is 1.33 bits per heavy atom. The van der Waals surface area contributed by atoms with Gasteiger partial charge in [0.1, 0.15) is 5.01 Å². The van der Waals surface area contributed by atoms with Gasteiger partial charge in [0.25, 0.3) is 0 Å². The minimum Gasteiger partial charge on any atom is -0.337 e. The van der Waals surface area contributed by atoms with Crippen LogP contribution in [0.2, 0.25) is 0 Å². The van der Waals surface area contributed by atoms with Gasteiger partial charge >= 0.3 is 6.03 Å².